The Bertz CT molecular complexity index is 985. The molecular weight excluding hydrogens is 394 g/mol. The normalized spacial score (nSPS) is 11.3. The molecule has 0 aliphatic carbocycles. The fourth-order valence-electron chi connectivity index (χ4n) is 2.86. The Morgan fingerprint density at radius 1 is 0.871 bits per heavy atom. The summed E-state index contributed by atoms with van der Waals surface area (Å²) in [6.07, 6.45) is -1.05. The van der Waals surface area contributed by atoms with Gasteiger partial charge in [-0.25, -0.2) is 0 Å². The highest BCUT2D eigenvalue weighted by Crippen LogP contribution is 2.22. The lowest BCUT2D eigenvalue weighted by Crippen LogP contribution is -2.26. The molecular formula is C25H25NO5. The number of amides is 1. The van der Waals surface area contributed by atoms with Crippen LogP contribution in [0.4, 0.5) is 5.69 Å². The number of aryl methyl sites for hydroxylation is 1. The molecule has 1 amide bonds. The Hall–Kier alpha value is -3.80. The number of carbonyl (C=O) groups excluding carboxylic acids is 2. The van der Waals surface area contributed by atoms with E-state index in [2.05, 4.69) is 5.32 Å². The van der Waals surface area contributed by atoms with Gasteiger partial charge in [-0.1, -0.05) is 48.0 Å². The first-order valence-electron chi connectivity index (χ1n) is 9.94. The second-order valence-corrected chi connectivity index (χ2v) is 6.91. The van der Waals surface area contributed by atoms with Crippen molar-refractivity contribution in [1.82, 2.24) is 0 Å². The first-order chi connectivity index (χ1) is 15.0. The molecule has 3 rings (SSSR count). The van der Waals surface area contributed by atoms with Crippen molar-refractivity contribution in [3.05, 3.63) is 90.0 Å². The maximum atomic E-state index is 12.9. The maximum absolute atomic E-state index is 12.9. The minimum absolute atomic E-state index is 0.00712. The fraction of sp³-hybridized carbons (Fsp3) is 0.200. The van der Waals surface area contributed by atoms with Crippen molar-refractivity contribution in [3.8, 4) is 11.5 Å². The van der Waals surface area contributed by atoms with Gasteiger partial charge in [-0.15, -0.1) is 0 Å². The molecule has 0 spiro atoms. The minimum Gasteiger partial charge on any atom is -0.497 e. The molecule has 3 aromatic carbocycles. The zero-order chi connectivity index (χ0) is 22.1. The number of anilines is 1. The molecule has 0 heterocycles. The van der Waals surface area contributed by atoms with Crippen LogP contribution in [0.25, 0.3) is 0 Å². The van der Waals surface area contributed by atoms with E-state index in [1.165, 1.54) is 0 Å². The van der Waals surface area contributed by atoms with Crippen molar-refractivity contribution in [1.29, 1.82) is 0 Å². The van der Waals surface area contributed by atoms with Crippen LogP contribution in [0.15, 0.2) is 78.9 Å². The predicted octanol–water partition coefficient (Wildman–Crippen LogP) is 4.70. The first kappa shape index (κ1) is 21.9. The molecule has 0 saturated heterocycles. The summed E-state index contributed by atoms with van der Waals surface area (Å²) in [5, 5.41) is 2.81. The predicted molar refractivity (Wildman–Crippen MR) is 118 cm³/mol. The summed E-state index contributed by atoms with van der Waals surface area (Å²) >= 11 is 0. The van der Waals surface area contributed by atoms with Gasteiger partial charge in [0.15, 0.2) is 0 Å². The number of rotatable bonds is 9. The monoisotopic (exact) mass is 419 g/mol. The highest BCUT2D eigenvalue weighted by molar-refractivity contribution is 5.96. The number of ether oxygens (including phenoxy) is 3. The molecule has 0 radical (unpaired) electrons. The van der Waals surface area contributed by atoms with Gasteiger partial charge in [0, 0.05) is 11.3 Å². The Kier molecular flexibility index (Phi) is 7.65. The zero-order valence-electron chi connectivity index (χ0n) is 17.5. The molecule has 1 atom stereocenters. The second kappa shape index (κ2) is 10.8. The van der Waals surface area contributed by atoms with E-state index < -0.39 is 18.0 Å². The Morgan fingerprint density at radius 3 is 2.16 bits per heavy atom. The molecule has 6 nitrogen and oxygen atoms in total. The molecule has 0 bridgehead atoms. The van der Waals surface area contributed by atoms with Crippen LogP contribution in [-0.2, 0) is 14.3 Å². The molecule has 3 aromatic rings. The van der Waals surface area contributed by atoms with Gasteiger partial charge in [0.1, 0.15) is 11.5 Å². The average molecular weight is 419 g/mol. The van der Waals surface area contributed by atoms with Crippen LogP contribution in [0.3, 0.4) is 0 Å². The van der Waals surface area contributed by atoms with Crippen molar-refractivity contribution in [2.45, 2.75) is 19.4 Å². The lowest BCUT2D eigenvalue weighted by atomic mass is 10.1. The molecule has 0 fully saturated rings. The molecule has 0 aliphatic rings. The molecule has 6 heteroatoms. The molecule has 1 N–H and O–H groups in total. The van der Waals surface area contributed by atoms with Crippen LogP contribution in [0, 0.1) is 6.92 Å². The summed E-state index contributed by atoms with van der Waals surface area (Å²) in [6.45, 7) is 2.10. The van der Waals surface area contributed by atoms with Crippen molar-refractivity contribution >= 4 is 17.6 Å². The van der Waals surface area contributed by atoms with Crippen LogP contribution >= 0.6 is 0 Å². The Morgan fingerprint density at radius 2 is 1.52 bits per heavy atom. The van der Waals surface area contributed by atoms with E-state index in [1.54, 1.807) is 67.8 Å². The van der Waals surface area contributed by atoms with Gasteiger partial charge in [0.05, 0.1) is 20.1 Å². The lowest BCUT2D eigenvalue weighted by molar-refractivity contribution is -0.155. The zero-order valence-corrected chi connectivity index (χ0v) is 17.5. The topological polar surface area (TPSA) is 73.9 Å². The van der Waals surface area contributed by atoms with Crippen LogP contribution in [0.2, 0.25) is 0 Å². The highest BCUT2D eigenvalue weighted by atomic mass is 16.6. The Balaban J connectivity index is 1.60. The standard InChI is InChI=1S/C25H25NO5/c1-18-8-10-20(11-9-18)26-25(28)24(19-6-4-3-5-7-19)31-23(27)16-17-30-22-14-12-21(29-2)13-15-22/h3-15,24H,16-17H2,1-2H3,(H,26,28). The van der Waals surface area contributed by atoms with E-state index in [-0.39, 0.29) is 13.0 Å². The van der Waals surface area contributed by atoms with Gasteiger partial charge in [-0.3, -0.25) is 9.59 Å². The van der Waals surface area contributed by atoms with E-state index in [0.717, 1.165) is 11.3 Å². The van der Waals surface area contributed by atoms with Gasteiger partial charge < -0.3 is 19.5 Å². The summed E-state index contributed by atoms with van der Waals surface area (Å²) in [5.74, 6) is 0.392. The number of hydrogen-bond donors (Lipinski definition) is 1. The summed E-state index contributed by atoms with van der Waals surface area (Å²) in [4.78, 5) is 25.3. The van der Waals surface area contributed by atoms with E-state index >= 15 is 0 Å². The fourth-order valence-corrected chi connectivity index (χ4v) is 2.86. The smallest absolute Gasteiger partial charge is 0.310 e. The summed E-state index contributed by atoms with van der Waals surface area (Å²) in [7, 11) is 1.59. The van der Waals surface area contributed by atoms with E-state index in [4.69, 9.17) is 14.2 Å². The number of benzene rings is 3. The largest absolute Gasteiger partial charge is 0.497 e. The van der Waals surface area contributed by atoms with Gasteiger partial charge in [-0.2, -0.15) is 0 Å². The molecule has 160 valence electrons. The minimum atomic E-state index is -1.06. The van der Waals surface area contributed by atoms with Crippen LogP contribution < -0.4 is 14.8 Å². The number of methoxy groups -OCH3 is 1. The van der Waals surface area contributed by atoms with Crippen molar-refractivity contribution < 1.29 is 23.8 Å². The number of nitrogens with one attached hydrogen (secondary N) is 1. The van der Waals surface area contributed by atoms with E-state index in [9.17, 15) is 9.59 Å². The maximum Gasteiger partial charge on any atom is 0.310 e. The molecule has 0 aromatic heterocycles. The second-order valence-electron chi connectivity index (χ2n) is 6.91. The van der Waals surface area contributed by atoms with Crippen LogP contribution in [0.5, 0.6) is 11.5 Å². The van der Waals surface area contributed by atoms with Crippen molar-refractivity contribution in [2.24, 2.45) is 0 Å². The van der Waals surface area contributed by atoms with Gasteiger partial charge in [0.25, 0.3) is 5.91 Å². The summed E-state index contributed by atoms with van der Waals surface area (Å²) < 4.78 is 16.2. The number of carbonyl (C=O) groups is 2. The average Bonchev–Trinajstić information content (AvgIpc) is 2.80. The SMILES string of the molecule is COc1ccc(OCCC(=O)OC(C(=O)Nc2ccc(C)cc2)c2ccccc2)cc1. The molecule has 31 heavy (non-hydrogen) atoms. The summed E-state index contributed by atoms with van der Waals surface area (Å²) in [5.41, 5.74) is 2.31. The van der Waals surface area contributed by atoms with E-state index in [1.807, 2.05) is 25.1 Å². The lowest BCUT2D eigenvalue weighted by Gasteiger charge is -2.18. The van der Waals surface area contributed by atoms with Crippen LogP contribution in [-0.4, -0.2) is 25.6 Å². The molecule has 0 saturated carbocycles. The first-order valence-corrected chi connectivity index (χ1v) is 9.94. The quantitative estimate of drug-likeness (QED) is 0.509. The van der Waals surface area contributed by atoms with Crippen molar-refractivity contribution in [3.63, 3.8) is 0 Å². The van der Waals surface area contributed by atoms with E-state index in [0.29, 0.717) is 17.0 Å². The number of hydrogen-bond acceptors (Lipinski definition) is 5. The third-order valence-electron chi connectivity index (χ3n) is 4.54. The third-order valence-corrected chi connectivity index (χ3v) is 4.54. The Labute approximate surface area is 181 Å². The van der Waals surface area contributed by atoms with Gasteiger partial charge in [0.2, 0.25) is 6.10 Å². The van der Waals surface area contributed by atoms with Gasteiger partial charge in [-0.05, 0) is 43.3 Å². The highest BCUT2D eigenvalue weighted by Gasteiger charge is 2.25. The van der Waals surface area contributed by atoms with Gasteiger partial charge >= 0.3 is 5.97 Å². The molecule has 0 aliphatic heterocycles. The molecule has 1 unspecified atom stereocenters. The number of esters is 1. The summed E-state index contributed by atoms with van der Waals surface area (Å²) in [6, 6.07) is 23.4. The van der Waals surface area contributed by atoms with Crippen LogP contribution in [0.1, 0.15) is 23.7 Å². The third kappa shape index (κ3) is 6.60. The van der Waals surface area contributed by atoms with Crippen molar-refractivity contribution in [2.75, 3.05) is 19.0 Å².